The molecule has 1 atom stereocenters. The molecule has 110 valence electrons. The Hall–Kier alpha value is -0.0800. The second kappa shape index (κ2) is 13.4. The van der Waals surface area contributed by atoms with Crippen molar-refractivity contribution >= 4 is 0 Å². The number of nitrogens with two attached hydrogens (primary N) is 1. The quantitative estimate of drug-likeness (QED) is 0.282. The lowest BCUT2D eigenvalue weighted by Gasteiger charge is -2.17. The van der Waals surface area contributed by atoms with Gasteiger partial charge in [-0.05, 0) is 18.8 Å². The summed E-state index contributed by atoms with van der Waals surface area (Å²) >= 11 is 0. The molecule has 1 unspecified atom stereocenters. The molecule has 0 heterocycles. The number of hydrazine groups is 1. The van der Waals surface area contributed by atoms with Crippen molar-refractivity contribution in [3.05, 3.63) is 0 Å². The Bertz CT molecular complexity index is 157. The summed E-state index contributed by atoms with van der Waals surface area (Å²) in [6.07, 6.45) is 15.1. The summed E-state index contributed by atoms with van der Waals surface area (Å²) < 4.78 is 0. The van der Waals surface area contributed by atoms with Crippen LogP contribution in [0.15, 0.2) is 0 Å². The minimum Gasteiger partial charge on any atom is -0.271 e. The summed E-state index contributed by atoms with van der Waals surface area (Å²) in [5.74, 6) is 6.32. The number of nitrogens with one attached hydrogen (secondary N) is 1. The fourth-order valence-corrected chi connectivity index (χ4v) is 2.54. The Balaban J connectivity index is 3.23. The Labute approximate surface area is 115 Å². The van der Waals surface area contributed by atoms with Crippen molar-refractivity contribution < 1.29 is 0 Å². The summed E-state index contributed by atoms with van der Waals surface area (Å²) in [7, 11) is 0. The molecule has 0 aromatic heterocycles. The molecule has 2 heteroatoms. The van der Waals surface area contributed by atoms with E-state index in [-0.39, 0.29) is 0 Å². The van der Waals surface area contributed by atoms with Crippen molar-refractivity contribution in [3.8, 4) is 0 Å². The maximum absolute atomic E-state index is 5.58. The first-order valence-corrected chi connectivity index (χ1v) is 8.16. The van der Waals surface area contributed by atoms with Gasteiger partial charge in [-0.15, -0.1) is 0 Å². The minimum atomic E-state index is 0.523. The van der Waals surface area contributed by atoms with E-state index in [4.69, 9.17) is 5.84 Å². The van der Waals surface area contributed by atoms with Crippen LogP contribution in [0.2, 0.25) is 0 Å². The Morgan fingerprint density at radius 1 is 0.833 bits per heavy atom. The van der Waals surface area contributed by atoms with Crippen molar-refractivity contribution in [1.82, 2.24) is 5.43 Å². The van der Waals surface area contributed by atoms with Gasteiger partial charge in [0, 0.05) is 6.04 Å². The molecule has 0 aromatic rings. The zero-order chi connectivity index (χ0) is 13.6. The second-order valence-corrected chi connectivity index (χ2v) is 6.11. The van der Waals surface area contributed by atoms with Crippen molar-refractivity contribution in [2.24, 2.45) is 11.8 Å². The molecule has 0 spiro atoms. The third-order valence-corrected chi connectivity index (χ3v) is 3.65. The molecule has 0 aliphatic rings. The number of hydrogen-bond donors (Lipinski definition) is 2. The molecule has 0 radical (unpaired) electrons. The number of unbranched alkanes of at least 4 members (excludes halogenated alkanes) is 8. The van der Waals surface area contributed by atoms with Gasteiger partial charge in [-0.3, -0.25) is 11.3 Å². The molecular formula is C16H36N2. The highest BCUT2D eigenvalue weighted by molar-refractivity contribution is 4.65. The van der Waals surface area contributed by atoms with E-state index in [1.54, 1.807) is 0 Å². The fourth-order valence-electron chi connectivity index (χ4n) is 2.54. The van der Waals surface area contributed by atoms with Crippen LogP contribution in [0.1, 0.15) is 91.4 Å². The van der Waals surface area contributed by atoms with Crippen LogP contribution >= 0.6 is 0 Å². The third kappa shape index (κ3) is 12.4. The van der Waals surface area contributed by atoms with Gasteiger partial charge >= 0.3 is 0 Å². The van der Waals surface area contributed by atoms with E-state index in [0.29, 0.717) is 6.04 Å². The van der Waals surface area contributed by atoms with Crippen LogP contribution in [-0.2, 0) is 0 Å². The highest BCUT2D eigenvalue weighted by Gasteiger charge is 2.07. The summed E-state index contributed by atoms with van der Waals surface area (Å²) in [6, 6.07) is 0.523. The van der Waals surface area contributed by atoms with Crippen molar-refractivity contribution in [2.75, 3.05) is 0 Å². The smallest absolute Gasteiger partial charge is 0.0213 e. The molecule has 0 saturated heterocycles. The van der Waals surface area contributed by atoms with Crippen LogP contribution in [0.4, 0.5) is 0 Å². The molecule has 0 fully saturated rings. The standard InChI is InChI=1S/C16H36N2/c1-4-5-6-7-8-9-10-11-12-13-16(18-17)14-15(2)3/h15-16,18H,4-14,17H2,1-3H3. The Morgan fingerprint density at radius 2 is 1.33 bits per heavy atom. The zero-order valence-corrected chi connectivity index (χ0v) is 13.0. The molecule has 0 rings (SSSR count). The Kier molecular flexibility index (Phi) is 13.3. The molecule has 0 aliphatic heterocycles. The first-order chi connectivity index (χ1) is 8.70. The van der Waals surface area contributed by atoms with Gasteiger partial charge in [0.15, 0.2) is 0 Å². The summed E-state index contributed by atoms with van der Waals surface area (Å²) in [5.41, 5.74) is 2.96. The van der Waals surface area contributed by atoms with Crippen LogP contribution in [-0.4, -0.2) is 6.04 Å². The van der Waals surface area contributed by atoms with E-state index in [1.165, 1.54) is 70.6 Å². The van der Waals surface area contributed by atoms with Gasteiger partial charge in [0.05, 0.1) is 0 Å². The van der Waals surface area contributed by atoms with Gasteiger partial charge in [0.25, 0.3) is 0 Å². The van der Waals surface area contributed by atoms with E-state index < -0.39 is 0 Å². The van der Waals surface area contributed by atoms with Crippen molar-refractivity contribution in [3.63, 3.8) is 0 Å². The predicted octanol–water partition coefficient (Wildman–Crippen LogP) is 4.79. The van der Waals surface area contributed by atoms with Crippen LogP contribution in [0.3, 0.4) is 0 Å². The van der Waals surface area contributed by atoms with Gasteiger partial charge in [-0.1, -0.05) is 78.6 Å². The SMILES string of the molecule is CCCCCCCCCCCC(CC(C)C)NN. The predicted molar refractivity (Wildman–Crippen MR) is 82.4 cm³/mol. The lowest BCUT2D eigenvalue weighted by molar-refractivity contribution is 0.389. The molecule has 0 bridgehead atoms. The summed E-state index contributed by atoms with van der Waals surface area (Å²) in [6.45, 7) is 6.81. The second-order valence-electron chi connectivity index (χ2n) is 6.11. The molecule has 2 nitrogen and oxygen atoms in total. The molecule has 3 N–H and O–H groups in total. The number of rotatable bonds is 13. The lowest BCUT2D eigenvalue weighted by atomic mass is 9.98. The average molecular weight is 256 g/mol. The number of hydrogen-bond acceptors (Lipinski definition) is 2. The van der Waals surface area contributed by atoms with Gasteiger partial charge in [-0.25, -0.2) is 0 Å². The van der Waals surface area contributed by atoms with Gasteiger partial charge in [0.1, 0.15) is 0 Å². The Morgan fingerprint density at radius 3 is 1.78 bits per heavy atom. The van der Waals surface area contributed by atoms with Gasteiger partial charge < -0.3 is 0 Å². The van der Waals surface area contributed by atoms with Crippen LogP contribution < -0.4 is 11.3 Å². The monoisotopic (exact) mass is 256 g/mol. The lowest BCUT2D eigenvalue weighted by Crippen LogP contribution is -2.36. The van der Waals surface area contributed by atoms with Crippen LogP contribution in [0.25, 0.3) is 0 Å². The fraction of sp³-hybridized carbons (Fsp3) is 1.00. The molecule has 0 aliphatic carbocycles. The summed E-state index contributed by atoms with van der Waals surface area (Å²) in [4.78, 5) is 0. The van der Waals surface area contributed by atoms with E-state index in [1.807, 2.05) is 0 Å². The topological polar surface area (TPSA) is 38.0 Å². The molecule has 18 heavy (non-hydrogen) atoms. The first-order valence-electron chi connectivity index (χ1n) is 8.16. The van der Waals surface area contributed by atoms with E-state index in [2.05, 4.69) is 26.2 Å². The highest BCUT2D eigenvalue weighted by atomic mass is 15.2. The molecule has 0 aromatic carbocycles. The molecule has 0 saturated carbocycles. The normalized spacial score (nSPS) is 13.2. The van der Waals surface area contributed by atoms with E-state index in [9.17, 15) is 0 Å². The van der Waals surface area contributed by atoms with Gasteiger partial charge in [0.2, 0.25) is 0 Å². The van der Waals surface area contributed by atoms with Gasteiger partial charge in [-0.2, -0.15) is 0 Å². The maximum Gasteiger partial charge on any atom is 0.0213 e. The molecular weight excluding hydrogens is 220 g/mol. The van der Waals surface area contributed by atoms with E-state index >= 15 is 0 Å². The van der Waals surface area contributed by atoms with Crippen molar-refractivity contribution in [2.45, 2.75) is 97.4 Å². The van der Waals surface area contributed by atoms with Crippen molar-refractivity contribution in [1.29, 1.82) is 0 Å². The zero-order valence-electron chi connectivity index (χ0n) is 13.0. The maximum atomic E-state index is 5.58. The van der Waals surface area contributed by atoms with Crippen LogP contribution in [0, 0.1) is 5.92 Å². The minimum absolute atomic E-state index is 0.523. The highest BCUT2D eigenvalue weighted by Crippen LogP contribution is 2.14. The first kappa shape index (κ1) is 17.9. The summed E-state index contributed by atoms with van der Waals surface area (Å²) in [5, 5.41) is 0. The average Bonchev–Trinajstić information content (AvgIpc) is 2.35. The molecule has 0 amide bonds. The third-order valence-electron chi connectivity index (χ3n) is 3.65. The van der Waals surface area contributed by atoms with E-state index in [0.717, 1.165) is 5.92 Å². The van der Waals surface area contributed by atoms with Crippen LogP contribution in [0.5, 0.6) is 0 Å². The largest absolute Gasteiger partial charge is 0.271 e.